The van der Waals surface area contributed by atoms with E-state index < -0.39 is 12.0 Å². The molecule has 1 aliphatic rings. The van der Waals surface area contributed by atoms with Gasteiger partial charge in [-0.1, -0.05) is 0 Å². The third-order valence-corrected chi connectivity index (χ3v) is 3.10. The first kappa shape index (κ1) is 15.7. The molecule has 1 aromatic heterocycles. The molecular weight excluding hydrogens is 270 g/mol. The number of anilines is 1. The number of hydrogen-bond acceptors (Lipinski definition) is 5. The predicted octanol–water partition coefficient (Wildman–Crippen LogP) is 1.64. The first-order valence-electron chi connectivity index (χ1n) is 5.90. The summed E-state index contributed by atoms with van der Waals surface area (Å²) >= 11 is 0. The van der Waals surface area contributed by atoms with Crippen LogP contribution in [0.3, 0.4) is 0 Å². The van der Waals surface area contributed by atoms with E-state index in [1.54, 1.807) is 17.3 Å². The molecule has 0 saturated carbocycles. The van der Waals surface area contributed by atoms with Crippen molar-refractivity contribution in [2.75, 3.05) is 18.8 Å². The number of pyridine rings is 1. The molecule has 2 rings (SSSR count). The summed E-state index contributed by atoms with van der Waals surface area (Å²) in [5.41, 5.74) is 1.57. The molecule has 1 N–H and O–H groups in total. The first-order valence-corrected chi connectivity index (χ1v) is 5.90. The highest BCUT2D eigenvalue weighted by atomic mass is 35.5. The van der Waals surface area contributed by atoms with Crippen LogP contribution in [0.4, 0.5) is 5.69 Å². The van der Waals surface area contributed by atoms with Crippen LogP contribution in [0.5, 0.6) is 0 Å². The van der Waals surface area contributed by atoms with Crippen LogP contribution in [0, 0.1) is 6.92 Å². The average Bonchev–Trinajstić information content (AvgIpc) is 2.82. The Balaban J connectivity index is 0.00000180. The summed E-state index contributed by atoms with van der Waals surface area (Å²) in [6.45, 7) is 2.53. The Hall–Kier alpha value is -1.37. The SMILES string of the molecule is CON(c1cccnc1C)N1CCC[C@H]1C(=O)O.Cl. The number of aliphatic carboxylic acids is 1. The van der Waals surface area contributed by atoms with Gasteiger partial charge in [-0.25, -0.2) is 0 Å². The van der Waals surface area contributed by atoms with Crippen molar-refractivity contribution in [3.05, 3.63) is 24.0 Å². The van der Waals surface area contributed by atoms with Crippen molar-refractivity contribution in [3.63, 3.8) is 0 Å². The minimum atomic E-state index is -0.823. The molecule has 0 radical (unpaired) electrons. The van der Waals surface area contributed by atoms with Gasteiger partial charge in [0.15, 0.2) is 0 Å². The summed E-state index contributed by atoms with van der Waals surface area (Å²) in [6.07, 6.45) is 3.18. The highest BCUT2D eigenvalue weighted by Gasteiger charge is 2.35. The van der Waals surface area contributed by atoms with Crippen LogP contribution < -0.4 is 5.17 Å². The molecule has 1 fully saturated rings. The van der Waals surface area contributed by atoms with Crippen LogP contribution in [-0.2, 0) is 9.63 Å². The molecule has 0 bridgehead atoms. The quantitative estimate of drug-likeness (QED) is 0.850. The topological polar surface area (TPSA) is 65.9 Å². The minimum absolute atomic E-state index is 0. The number of aromatic nitrogens is 1. The van der Waals surface area contributed by atoms with Gasteiger partial charge in [0.25, 0.3) is 0 Å². The molecular formula is C12H18ClN3O3. The molecule has 0 unspecified atom stereocenters. The molecule has 1 aromatic rings. The second-order valence-corrected chi connectivity index (χ2v) is 4.22. The lowest BCUT2D eigenvalue weighted by molar-refractivity contribution is -0.144. The van der Waals surface area contributed by atoms with Gasteiger partial charge in [-0.05, 0) is 31.9 Å². The maximum atomic E-state index is 11.2. The van der Waals surface area contributed by atoms with Gasteiger partial charge in [-0.2, -0.15) is 10.2 Å². The van der Waals surface area contributed by atoms with Crippen LogP contribution in [0.2, 0.25) is 0 Å². The zero-order chi connectivity index (χ0) is 13.1. The van der Waals surface area contributed by atoms with Gasteiger partial charge in [0.1, 0.15) is 11.7 Å². The molecule has 6 nitrogen and oxygen atoms in total. The van der Waals surface area contributed by atoms with E-state index in [0.29, 0.717) is 13.0 Å². The predicted molar refractivity (Wildman–Crippen MR) is 73.1 cm³/mol. The fourth-order valence-corrected chi connectivity index (χ4v) is 2.24. The molecule has 1 aliphatic heterocycles. The Bertz CT molecular complexity index is 444. The summed E-state index contributed by atoms with van der Waals surface area (Å²) in [6, 6.07) is 3.13. The fraction of sp³-hybridized carbons (Fsp3) is 0.500. The first-order chi connectivity index (χ1) is 8.65. The standard InChI is InChI=1S/C12H17N3O3.ClH/c1-9-10(5-3-7-13-9)15(18-2)14-8-4-6-11(14)12(16)17;/h3,5,7,11H,4,6,8H2,1-2H3,(H,16,17);1H/t11-;/m0./s1. The Labute approximate surface area is 118 Å². The van der Waals surface area contributed by atoms with Crippen LogP contribution in [0.1, 0.15) is 18.5 Å². The zero-order valence-electron chi connectivity index (χ0n) is 10.9. The molecule has 1 saturated heterocycles. The molecule has 106 valence electrons. The summed E-state index contributed by atoms with van der Waals surface area (Å²) in [5.74, 6) is -0.823. The molecule has 7 heteroatoms. The minimum Gasteiger partial charge on any atom is -0.480 e. The van der Waals surface area contributed by atoms with E-state index in [0.717, 1.165) is 17.8 Å². The molecule has 0 spiro atoms. The maximum absolute atomic E-state index is 11.2. The number of rotatable bonds is 4. The van der Waals surface area contributed by atoms with Crippen molar-refractivity contribution < 1.29 is 14.7 Å². The van der Waals surface area contributed by atoms with Crippen LogP contribution in [0.15, 0.2) is 18.3 Å². The van der Waals surface area contributed by atoms with E-state index in [2.05, 4.69) is 4.98 Å². The largest absolute Gasteiger partial charge is 0.480 e. The highest BCUT2D eigenvalue weighted by molar-refractivity contribution is 5.85. The third kappa shape index (κ3) is 3.15. The van der Waals surface area contributed by atoms with Crippen LogP contribution >= 0.6 is 12.4 Å². The summed E-state index contributed by atoms with van der Waals surface area (Å²) < 4.78 is 0. The molecule has 19 heavy (non-hydrogen) atoms. The van der Waals surface area contributed by atoms with E-state index in [1.807, 2.05) is 13.0 Å². The van der Waals surface area contributed by atoms with Crippen LogP contribution in [-0.4, -0.2) is 40.8 Å². The maximum Gasteiger partial charge on any atom is 0.322 e. The molecule has 0 aliphatic carbocycles. The van der Waals surface area contributed by atoms with Gasteiger partial charge in [0.2, 0.25) is 0 Å². The van der Waals surface area contributed by atoms with E-state index in [1.165, 1.54) is 12.3 Å². The van der Waals surface area contributed by atoms with Gasteiger partial charge < -0.3 is 5.11 Å². The summed E-state index contributed by atoms with van der Waals surface area (Å²) in [5, 5.41) is 12.5. The number of hydrogen-bond donors (Lipinski definition) is 1. The van der Waals surface area contributed by atoms with E-state index in [9.17, 15) is 9.90 Å². The Morgan fingerprint density at radius 3 is 2.95 bits per heavy atom. The molecule has 1 atom stereocenters. The number of carbonyl (C=O) groups is 1. The van der Waals surface area contributed by atoms with Gasteiger partial charge >= 0.3 is 5.97 Å². The monoisotopic (exact) mass is 287 g/mol. The number of carboxylic acid groups (broad SMARTS) is 1. The van der Waals surface area contributed by atoms with E-state index in [4.69, 9.17) is 4.84 Å². The van der Waals surface area contributed by atoms with E-state index in [-0.39, 0.29) is 12.4 Å². The Morgan fingerprint density at radius 1 is 1.63 bits per heavy atom. The smallest absolute Gasteiger partial charge is 0.322 e. The lowest BCUT2D eigenvalue weighted by atomic mass is 10.2. The summed E-state index contributed by atoms with van der Waals surface area (Å²) in [7, 11) is 1.53. The van der Waals surface area contributed by atoms with Gasteiger partial charge in [0.05, 0.1) is 12.8 Å². The lowest BCUT2D eigenvalue weighted by Crippen LogP contribution is -2.48. The Kier molecular flexibility index (Phi) is 5.53. The van der Waals surface area contributed by atoms with Gasteiger partial charge in [0, 0.05) is 12.7 Å². The van der Waals surface area contributed by atoms with Crippen LogP contribution in [0.25, 0.3) is 0 Å². The second kappa shape index (κ2) is 6.70. The normalized spacial score (nSPS) is 18.9. The average molecular weight is 288 g/mol. The number of hydrazine groups is 1. The molecule has 0 aromatic carbocycles. The lowest BCUT2D eigenvalue weighted by Gasteiger charge is -2.34. The van der Waals surface area contributed by atoms with Crippen molar-refractivity contribution in [2.45, 2.75) is 25.8 Å². The van der Waals surface area contributed by atoms with Gasteiger partial charge in [-0.15, -0.1) is 12.4 Å². The van der Waals surface area contributed by atoms with Crippen molar-refractivity contribution >= 4 is 24.1 Å². The second-order valence-electron chi connectivity index (χ2n) is 4.22. The zero-order valence-corrected chi connectivity index (χ0v) is 11.8. The van der Waals surface area contributed by atoms with Crippen molar-refractivity contribution in [3.8, 4) is 0 Å². The fourth-order valence-electron chi connectivity index (χ4n) is 2.24. The third-order valence-electron chi connectivity index (χ3n) is 3.10. The number of nitrogens with zero attached hydrogens (tertiary/aromatic N) is 3. The number of carboxylic acids is 1. The number of aryl methyl sites for hydroxylation is 1. The van der Waals surface area contributed by atoms with Crippen molar-refractivity contribution in [2.24, 2.45) is 0 Å². The number of halogens is 1. The van der Waals surface area contributed by atoms with Gasteiger partial charge in [-0.3, -0.25) is 14.6 Å². The summed E-state index contributed by atoms with van der Waals surface area (Å²) in [4.78, 5) is 20.7. The van der Waals surface area contributed by atoms with E-state index >= 15 is 0 Å². The van der Waals surface area contributed by atoms with Crippen molar-refractivity contribution in [1.29, 1.82) is 0 Å². The molecule has 0 amide bonds. The Morgan fingerprint density at radius 2 is 2.37 bits per heavy atom. The van der Waals surface area contributed by atoms with Crippen molar-refractivity contribution in [1.82, 2.24) is 9.99 Å². The highest BCUT2D eigenvalue weighted by Crippen LogP contribution is 2.26. The molecule has 2 heterocycles.